The fourth-order valence-corrected chi connectivity index (χ4v) is 4.52. The Morgan fingerprint density at radius 3 is 2.90 bits per heavy atom. The van der Waals surface area contributed by atoms with Crippen LogP contribution >= 0.6 is 0 Å². The Morgan fingerprint density at radius 1 is 1.27 bits per heavy atom. The molecule has 0 saturated carbocycles. The van der Waals surface area contributed by atoms with Gasteiger partial charge in [-0.1, -0.05) is 18.2 Å². The van der Waals surface area contributed by atoms with Gasteiger partial charge in [0.15, 0.2) is 5.76 Å². The van der Waals surface area contributed by atoms with Gasteiger partial charge in [0.2, 0.25) is 0 Å². The first-order valence-corrected chi connectivity index (χ1v) is 10.5. The Balaban J connectivity index is 1.22. The van der Waals surface area contributed by atoms with E-state index < -0.39 is 0 Å². The number of aryl methyl sites for hydroxylation is 2. The van der Waals surface area contributed by atoms with E-state index in [4.69, 9.17) is 13.9 Å². The molecule has 6 heteroatoms. The summed E-state index contributed by atoms with van der Waals surface area (Å²) in [5.74, 6) is 0.369. The molecule has 2 aromatic heterocycles. The zero-order chi connectivity index (χ0) is 20.7. The summed E-state index contributed by atoms with van der Waals surface area (Å²) in [4.78, 5) is 19.0. The van der Waals surface area contributed by atoms with Gasteiger partial charge >= 0.3 is 0 Å². The average molecular weight is 406 g/mol. The van der Waals surface area contributed by atoms with Gasteiger partial charge in [-0.15, -0.1) is 0 Å². The second kappa shape index (κ2) is 7.52. The highest BCUT2D eigenvalue weighted by Gasteiger charge is 2.50. The molecule has 2 saturated heterocycles. The molecule has 30 heavy (non-hydrogen) atoms. The summed E-state index contributed by atoms with van der Waals surface area (Å²) in [6.45, 7) is 6.38. The molecule has 0 bridgehead atoms. The number of rotatable bonds is 4. The molecular weight excluding hydrogens is 380 g/mol. The van der Waals surface area contributed by atoms with Gasteiger partial charge in [0, 0.05) is 36.4 Å². The number of nitrogens with zero attached hydrogens (tertiary/aromatic N) is 2. The number of pyridine rings is 1. The van der Waals surface area contributed by atoms with Crippen molar-refractivity contribution >= 4 is 16.9 Å². The standard InChI is InChI=1S/C24H26N2O4/c1-16-7-9-25-12-18(16)13-28-19-8-10-29-24(11-19)14-26(15-24)23(27)22-17(2)20-5-3-4-6-21(20)30-22/h3-7,9,12,19H,8,10-11,13-15H2,1-2H3/t19-/m0/s1. The highest BCUT2D eigenvalue weighted by atomic mass is 16.5. The molecule has 0 aliphatic carbocycles. The molecule has 156 valence electrons. The smallest absolute Gasteiger partial charge is 0.290 e. The molecule has 5 rings (SSSR count). The number of hydrogen-bond donors (Lipinski definition) is 0. The second-order valence-electron chi connectivity index (χ2n) is 8.47. The molecular formula is C24H26N2O4. The maximum Gasteiger partial charge on any atom is 0.290 e. The van der Waals surface area contributed by atoms with Crippen molar-refractivity contribution in [2.45, 2.75) is 45.0 Å². The molecule has 0 radical (unpaired) electrons. The van der Waals surface area contributed by atoms with E-state index in [2.05, 4.69) is 11.9 Å². The first kappa shape index (κ1) is 19.3. The molecule has 1 atom stereocenters. The number of carbonyl (C=O) groups excluding carboxylic acids is 1. The van der Waals surface area contributed by atoms with Crippen molar-refractivity contribution in [1.82, 2.24) is 9.88 Å². The summed E-state index contributed by atoms with van der Waals surface area (Å²) in [5.41, 5.74) is 3.65. The molecule has 2 aliphatic heterocycles. The first-order valence-electron chi connectivity index (χ1n) is 10.5. The van der Waals surface area contributed by atoms with Crippen molar-refractivity contribution in [2.24, 2.45) is 0 Å². The highest BCUT2D eigenvalue weighted by Crippen LogP contribution is 2.37. The Morgan fingerprint density at radius 2 is 2.10 bits per heavy atom. The van der Waals surface area contributed by atoms with E-state index in [1.807, 2.05) is 48.4 Å². The molecule has 2 aliphatic rings. The number of likely N-dealkylation sites (tertiary alicyclic amines) is 1. The summed E-state index contributed by atoms with van der Waals surface area (Å²) in [5, 5.41) is 0.990. The fourth-order valence-electron chi connectivity index (χ4n) is 4.52. The van der Waals surface area contributed by atoms with Gasteiger partial charge in [0.25, 0.3) is 5.91 Å². The Bertz CT molecular complexity index is 1080. The van der Waals surface area contributed by atoms with E-state index in [9.17, 15) is 4.79 Å². The van der Waals surface area contributed by atoms with Crippen molar-refractivity contribution in [3.63, 3.8) is 0 Å². The van der Waals surface area contributed by atoms with Crippen LogP contribution in [-0.4, -0.2) is 47.2 Å². The van der Waals surface area contributed by atoms with Crippen LogP contribution in [0.3, 0.4) is 0 Å². The van der Waals surface area contributed by atoms with Gasteiger partial charge in [-0.25, -0.2) is 0 Å². The van der Waals surface area contributed by atoms with E-state index >= 15 is 0 Å². The number of furan rings is 1. The molecule has 0 unspecified atom stereocenters. The SMILES string of the molecule is Cc1ccncc1CO[C@H]1CCOC2(C1)CN(C(=O)c1oc3ccccc3c1C)C2. The van der Waals surface area contributed by atoms with Crippen LogP contribution in [-0.2, 0) is 16.1 Å². The molecule has 1 aromatic carbocycles. The van der Waals surface area contributed by atoms with E-state index in [1.54, 1.807) is 6.20 Å². The number of carbonyl (C=O) groups is 1. The Labute approximate surface area is 175 Å². The lowest BCUT2D eigenvalue weighted by Crippen LogP contribution is -2.67. The lowest BCUT2D eigenvalue weighted by atomic mass is 9.84. The van der Waals surface area contributed by atoms with E-state index in [-0.39, 0.29) is 17.6 Å². The fraction of sp³-hybridized carbons (Fsp3) is 0.417. The lowest BCUT2D eigenvalue weighted by molar-refractivity contribution is -0.188. The number of aromatic nitrogens is 1. The number of amides is 1. The van der Waals surface area contributed by atoms with Crippen LogP contribution in [0.1, 0.15) is 40.1 Å². The van der Waals surface area contributed by atoms with Crippen molar-refractivity contribution in [3.8, 4) is 0 Å². The van der Waals surface area contributed by atoms with E-state index in [0.717, 1.165) is 34.9 Å². The minimum Gasteiger partial charge on any atom is -0.451 e. The molecule has 1 spiro atoms. The van der Waals surface area contributed by atoms with Gasteiger partial charge in [0.1, 0.15) is 11.2 Å². The van der Waals surface area contributed by atoms with Crippen LogP contribution < -0.4 is 0 Å². The number of para-hydroxylation sites is 1. The maximum absolute atomic E-state index is 13.0. The molecule has 6 nitrogen and oxygen atoms in total. The third kappa shape index (κ3) is 3.40. The van der Waals surface area contributed by atoms with Crippen LogP contribution in [0.4, 0.5) is 0 Å². The minimum atomic E-state index is -0.303. The zero-order valence-electron chi connectivity index (χ0n) is 17.4. The number of benzene rings is 1. The molecule has 4 heterocycles. The van der Waals surface area contributed by atoms with Gasteiger partial charge in [-0.05, 0) is 43.5 Å². The predicted octanol–water partition coefficient (Wildman–Crippen LogP) is 4.04. The summed E-state index contributed by atoms with van der Waals surface area (Å²) >= 11 is 0. The number of fused-ring (bicyclic) bond motifs is 1. The van der Waals surface area contributed by atoms with Gasteiger partial charge in [0.05, 0.1) is 25.8 Å². The number of ether oxygens (including phenoxy) is 2. The summed E-state index contributed by atoms with van der Waals surface area (Å²) in [7, 11) is 0. The van der Waals surface area contributed by atoms with Gasteiger partial charge in [-0.3, -0.25) is 9.78 Å². The quantitative estimate of drug-likeness (QED) is 0.654. The molecule has 0 N–H and O–H groups in total. The zero-order valence-corrected chi connectivity index (χ0v) is 17.4. The topological polar surface area (TPSA) is 64.8 Å². The van der Waals surface area contributed by atoms with Crippen LogP contribution in [0.25, 0.3) is 11.0 Å². The van der Waals surface area contributed by atoms with Crippen molar-refractivity contribution in [1.29, 1.82) is 0 Å². The summed E-state index contributed by atoms with van der Waals surface area (Å²) < 4.78 is 18.1. The third-order valence-electron chi connectivity index (χ3n) is 6.35. The molecule has 2 fully saturated rings. The normalized spacial score (nSPS) is 20.5. The molecule has 1 amide bonds. The maximum atomic E-state index is 13.0. The van der Waals surface area contributed by atoms with Crippen LogP contribution in [0.15, 0.2) is 47.1 Å². The number of hydrogen-bond acceptors (Lipinski definition) is 5. The van der Waals surface area contributed by atoms with Crippen molar-refractivity contribution in [2.75, 3.05) is 19.7 Å². The predicted molar refractivity (Wildman–Crippen MR) is 112 cm³/mol. The Hall–Kier alpha value is -2.70. The van der Waals surface area contributed by atoms with Gasteiger partial charge in [-0.2, -0.15) is 0 Å². The van der Waals surface area contributed by atoms with Crippen LogP contribution in [0, 0.1) is 13.8 Å². The lowest BCUT2D eigenvalue weighted by Gasteiger charge is -2.52. The largest absolute Gasteiger partial charge is 0.451 e. The van der Waals surface area contributed by atoms with Crippen molar-refractivity contribution < 1.29 is 18.7 Å². The van der Waals surface area contributed by atoms with Gasteiger partial charge < -0.3 is 18.8 Å². The van der Waals surface area contributed by atoms with E-state index in [1.165, 1.54) is 5.56 Å². The monoisotopic (exact) mass is 406 g/mol. The summed E-state index contributed by atoms with van der Waals surface area (Å²) in [6, 6.07) is 9.76. The molecule has 3 aromatic rings. The van der Waals surface area contributed by atoms with Crippen LogP contribution in [0.5, 0.6) is 0 Å². The van der Waals surface area contributed by atoms with E-state index in [0.29, 0.717) is 32.1 Å². The Kier molecular flexibility index (Phi) is 4.83. The summed E-state index contributed by atoms with van der Waals surface area (Å²) in [6.07, 6.45) is 5.46. The minimum absolute atomic E-state index is 0.0630. The third-order valence-corrected chi connectivity index (χ3v) is 6.35. The second-order valence-corrected chi connectivity index (χ2v) is 8.47. The highest BCUT2D eigenvalue weighted by molar-refractivity contribution is 5.99. The average Bonchev–Trinajstić information content (AvgIpc) is 3.08. The first-order chi connectivity index (χ1) is 14.5. The van der Waals surface area contributed by atoms with Crippen molar-refractivity contribution in [3.05, 3.63) is 65.2 Å². The van der Waals surface area contributed by atoms with Crippen LogP contribution in [0.2, 0.25) is 0 Å².